The summed E-state index contributed by atoms with van der Waals surface area (Å²) in [6, 6.07) is 16.3. The van der Waals surface area contributed by atoms with E-state index in [9.17, 15) is 9.59 Å². The Labute approximate surface area is 160 Å². The van der Waals surface area contributed by atoms with Gasteiger partial charge in [0.15, 0.2) is 0 Å². The number of nitrogens with one attached hydrogen (secondary N) is 1. The molecule has 1 N–H and O–H groups in total. The Morgan fingerprint density at radius 1 is 1.08 bits per heavy atom. The third kappa shape index (κ3) is 2.78. The van der Waals surface area contributed by atoms with Gasteiger partial charge in [-0.05, 0) is 23.8 Å². The topological polar surface area (TPSA) is 54.3 Å². The maximum atomic E-state index is 12.6. The molecular weight excluding hydrogens is 373 g/mol. The van der Waals surface area contributed by atoms with E-state index in [1.165, 1.54) is 5.01 Å². The van der Waals surface area contributed by atoms with Crippen molar-refractivity contribution in [3.63, 3.8) is 0 Å². The summed E-state index contributed by atoms with van der Waals surface area (Å²) >= 11 is 12.4. The van der Waals surface area contributed by atoms with E-state index in [0.29, 0.717) is 5.02 Å². The summed E-state index contributed by atoms with van der Waals surface area (Å²) in [5, 5.41) is 2.19. The van der Waals surface area contributed by atoms with Gasteiger partial charge in [-0.3, -0.25) is 19.2 Å². The number of hydrogen-bond acceptors (Lipinski definition) is 3. The minimum atomic E-state index is -0.704. The van der Waals surface area contributed by atoms with Gasteiger partial charge in [0.1, 0.15) is 11.4 Å². The third-order valence-electron chi connectivity index (χ3n) is 4.52. The molecule has 1 amide bonds. The Kier molecular flexibility index (Phi) is 4.44. The number of para-hydroxylation sites is 1. The maximum Gasteiger partial charge on any atom is 0.257 e. The standard InChI is InChI=1S/C19H15Cl2N3O2/c20-14-7-3-2-6-13(14)18-17(21)19(26)24(18)22-11-16(25)23-10-9-12-5-1-4-8-15(12)23/h1-10,17-18,22H,11H2. The van der Waals surface area contributed by atoms with Crippen LogP contribution < -0.4 is 5.43 Å². The van der Waals surface area contributed by atoms with Crippen molar-refractivity contribution in [2.45, 2.75) is 11.4 Å². The van der Waals surface area contributed by atoms with Crippen LogP contribution in [0.25, 0.3) is 10.9 Å². The normalized spacial score (nSPS) is 19.6. The van der Waals surface area contributed by atoms with Gasteiger partial charge in [0.05, 0.1) is 12.1 Å². The first-order valence-electron chi connectivity index (χ1n) is 8.12. The van der Waals surface area contributed by atoms with Crippen LogP contribution in [0.15, 0.2) is 60.8 Å². The predicted octanol–water partition coefficient (Wildman–Crippen LogP) is 3.63. The first kappa shape index (κ1) is 17.1. The van der Waals surface area contributed by atoms with E-state index in [2.05, 4.69) is 5.43 Å². The van der Waals surface area contributed by atoms with Crippen LogP contribution in [0.3, 0.4) is 0 Å². The summed E-state index contributed by atoms with van der Waals surface area (Å²) in [7, 11) is 0. The number of hydrazine groups is 1. The van der Waals surface area contributed by atoms with Gasteiger partial charge in [-0.25, -0.2) is 5.43 Å². The number of rotatable bonds is 4. The van der Waals surface area contributed by atoms with E-state index in [1.807, 2.05) is 48.5 Å². The fourth-order valence-corrected chi connectivity index (χ4v) is 3.78. The second kappa shape index (κ2) is 6.76. The molecule has 3 aromatic rings. The summed E-state index contributed by atoms with van der Waals surface area (Å²) in [5.74, 6) is -0.448. The average molecular weight is 388 g/mol. The lowest BCUT2D eigenvalue weighted by Crippen LogP contribution is -2.62. The summed E-state index contributed by atoms with van der Waals surface area (Å²) in [6.07, 6.45) is 1.72. The minimum absolute atomic E-state index is 0.0328. The second-order valence-corrected chi connectivity index (χ2v) is 6.93. The highest BCUT2D eigenvalue weighted by molar-refractivity contribution is 6.35. The molecule has 0 saturated carbocycles. The van der Waals surface area contributed by atoms with Crippen molar-refractivity contribution in [3.8, 4) is 0 Å². The second-order valence-electron chi connectivity index (χ2n) is 6.05. The van der Waals surface area contributed by atoms with E-state index in [1.54, 1.807) is 16.8 Å². The molecule has 1 aromatic heterocycles. The number of carbonyl (C=O) groups is 2. The van der Waals surface area contributed by atoms with Gasteiger partial charge in [-0.1, -0.05) is 48.0 Å². The van der Waals surface area contributed by atoms with Crippen LogP contribution in [-0.4, -0.2) is 33.3 Å². The van der Waals surface area contributed by atoms with Crippen LogP contribution in [0, 0.1) is 0 Å². The highest BCUT2D eigenvalue weighted by atomic mass is 35.5. The highest BCUT2D eigenvalue weighted by Crippen LogP contribution is 2.39. The van der Waals surface area contributed by atoms with Gasteiger partial charge in [-0.15, -0.1) is 11.6 Å². The Morgan fingerprint density at radius 3 is 2.62 bits per heavy atom. The molecular formula is C19H15Cl2N3O2. The van der Waals surface area contributed by atoms with Crippen LogP contribution in [0.2, 0.25) is 5.02 Å². The molecule has 1 aliphatic heterocycles. The number of benzene rings is 2. The Hall–Kier alpha value is -2.34. The molecule has 2 heterocycles. The zero-order valence-electron chi connectivity index (χ0n) is 13.6. The monoisotopic (exact) mass is 387 g/mol. The molecule has 1 aliphatic rings. The molecule has 2 aromatic carbocycles. The number of aromatic nitrogens is 1. The lowest BCUT2D eigenvalue weighted by Gasteiger charge is -2.44. The van der Waals surface area contributed by atoms with Crippen LogP contribution in [0.1, 0.15) is 16.4 Å². The molecule has 4 rings (SSSR count). The van der Waals surface area contributed by atoms with Gasteiger partial charge in [0.2, 0.25) is 5.91 Å². The van der Waals surface area contributed by atoms with Crippen molar-refractivity contribution in [3.05, 3.63) is 71.4 Å². The Balaban J connectivity index is 1.51. The molecule has 132 valence electrons. The van der Waals surface area contributed by atoms with Gasteiger partial charge in [-0.2, -0.15) is 0 Å². The quantitative estimate of drug-likeness (QED) is 0.549. The molecule has 7 heteroatoms. The number of nitrogens with zero attached hydrogens (tertiary/aromatic N) is 2. The predicted molar refractivity (Wildman–Crippen MR) is 101 cm³/mol. The van der Waals surface area contributed by atoms with Crippen molar-refractivity contribution >= 4 is 45.9 Å². The number of fused-ring (bicyclic) bond motifs is 1. The van der Waals surface area contributed by atoms with Crippen molar-refractivity contribution in [2.24, 2.45) is 0 Å². The van der Waals surface area contributed by atoms with Crippen LogP contribution in [0.4, 0.5) is 0 Å². The number of halogens is 2. The van der Waals surface area contributed by atoms with E-state index in [0.717, 1.165) is 16.5 Å². The summed E-state index contributed by atoms with van der Waals surface area (Å²) in [4.78, 5) is 24.7. The minimum Gasteiger partial charge on any atom is -0.286 e. The Bertz CT molecular complexity index is 1000. The van der Waals surface area contributed by atoms with E-state index >= 15 is 0 Å². The summed E-state index contributed by atoms with van der Waals surface area (Å²) in [6.45, 7) is -0.0328. The van der Waals surface area contributed by atoms with Crippen molar-refractivity contribution < 1.29 is 9.59 Å². The third-order valence-corrected chi connectivity index (χ3v) is 5.29. The lowest BCUT2D eigenvalue weighted by atomic mass is 9.95. The zero-order chi connectivity index (χ0) is 18.3. The molecule has 5 nitrogen and oxygen atoms in total. The number of β-lactam (4-membered cyclic amide) rings is 1. The number of carbonyl (C=O) groups excluding carboxylic acids is 2. The number of alkyl halides is 1. The number of hydrogen-bond donors (Lipinski definition) is 1. The van der Waals surface area contributed by atoms with Gasteiger partial charge < -0.3 is 0 Å². The zero-order valence-corrected chi connectivity index (χ0v) is 15.1. The van der Waals surface area contributed by atoms with Crippen molar-refractivity contribution in [1.82, 2.24) is 15.0 Å². The fraction of sp³-hybridized carbons (Fsp3) is 0.158. The van der Waals surface area contributed by atoms with Gasteiger partial charge in [0, 0.05) is 16.6 Å². The fourth-order valence-electron chi connectivity index (χ4n) is 3.18. The van der Waals surface area contributed by atoms with Crippen LogP contribution >= 0.6 is 23.2 Å². The molecule has 1 fully saturated rings. The van der Waals surface area contributed by atoms with Crippen molar-refractivity contribution in [1.29, 1.82) is 0 Å². The van der Waals surface area contributed by atoms with Crippen LogP contribution in [-0.2, 0) is 4.79 Å². The summed E-state index contributed by atoms with van der Waals surface area (Å²) < 4.78 is 1.56. The molecule has 0 aliphatic carbocycles. The lowest BCUT2D eigenvalue weighted by molar-refractivity contribution is -0.150. The SMILES string of the molecule is O=C1C(Cl)C(c2ccccc2Cl)N1NCC(=O)n1ccc2ccccc21. The highest BCUT2D eigenvalue weighted by Gasteiger charge is 2.48. The molecule has 0 radical (unpaired) electrons. The molecule has 2 unspecified atom stereocenters. The molecule has 0 spiro atoms. The van der Waals surface area contributed by atoms with E-state index < -0.39 is 11.4 Å². The molecule has 0 bridgehead atoms. The van der Waals surface area contributed by atoms with E-state index in [4.69, 9.17) is 23.2 Å². The first-order chi connectivity index (χ1) is 12.6. The smallest absolute Gasteiger partial charge is 0.257 e. The number of amides is 1. The first-order valence-corrected chi connectivity index (χ1v) is 8.94. The molecule has 26 heavy (non-hydrogen) atoms. The molecule has 2 atom stereocenters. The van der Waals surface area contributed by atoms with Gasteiger partial charge in [0.25, 0.3) is 5.91 Å². The maximum absolute atomic E-state index is 12.6. The average Bonchev–Trinajstić information content (AvgIpc) is 3.09. The largest absolute Gasteiger partial charge is 0.286 e. The van der Waals surface area contributed by atoms with Crippen LogP contribution in [0.5, 0.6) is 0 Å². The summed E-state index contributed by atoms with van der Waals surface area (Å²) in [5.41, 5.74) is 4.47. The van der Waals surface area contributed by atoms with Crippen molar-refractivity contribution in [2.75, 3.05) is 6.54 Å². The van der Waals surface area contributed by atoms with E-state index in [-0.39, 0.29) is 18.4 Å². The molecule has 1 saturated heterocycles. The van der Waals surface area contributed by atoms with Gasteiger partial charge >= 0.3 is 0 Å². The Morgan fingerprint density at radius 2 is 1.81 bits per heavy atom.